The number of thioether (sulfide) groups is 1. The summed E-state index contributed by atoms with van der Waals surface area (Å²) in [5.41, 5.74) is 0.420. The third kappa shape index (κ3) is 7.80. The Morgan fingerprint density at radius 2 is 1.79 bits per heavy atom. The molecule has 8 heteroatoms. The summed E-state index contributed by atoms with van der Waals surface area (Å²) >= 11 is 7.10. The molecule has 0 atom stereocenters. The van der Waals surface area contributed by atoms with Gasteiger partial charge in [-0.15, -0.1) is 11.8 Å². The Kier molecular flexibility index (Phi) is 9.68. The minimum absolute atomic E-state index is 0.109. The van der Waals surface area contributed by atoms with Crippen molar-refractivity contribution in [3.8, 4) is 5.75 Å². The number of esters is 1. The van der Waals surface area contributed by atoms with Gasteiger partial charge in [0.1, 0.15) is 19.0 Å². The smallest absolute Gasteiger partial charge is 0.339 e. The van der Waals surface area contributed by atoms with Crippen LogP contribution in [0.15, 0.2) is 53.4 Å². The molecule has 0 aliphatic carbocycles. The number of carbonyl (C=O) groups is 2. The van der Waals surface area contributed by atoms with Crippen LogP contribution in [-0.2, 0) is 14.3 Å². The van der Waals surface area contributed by atoms with E-state index in [0.29, 0.717) is 34.4 Å². The first kappa shape index (κ1) is 22.1. The number of nitrogens with one attached hydrogen (secondary N) is 1. The average Bonchev–Trinajstić information content (AvgIpc) is 2.71. The molecular formula is C20H22ClNO5S. The zero-order valence-corrected chi connectivity index (χ0v) is 17.1. The number of carbonyl (C=O) groups excluding carboxylic acids is 2. The van der Waals surface area contributed by atoms with Crippen LogP contribution < -0.4 is 10.1 Å². The number of halogens is 1. The summed E-state index contributed by atoms with van der Waals surface area (Å²) in [6.07, 6.45) is 0. The highest BCUT2D eigenvalue weighted by molar-refractivity contribution is 8.00. The van der Waals surface area contributed by atoms with Gasteiger partial charge in [-0.25, -0.2) is 4.79 Å². The van der Waals surface area contributed by atoms with Gasteiger partial charge in [0, 0.05) is 23.6 Å². The number of rotatable bonds is 11. The van der Waals surface area contributed by atoms with Crippen molar-refractivity contribution in [3.05, 3.63) is 59.1 Å². The first-order valence-electron chi connectivity index (χ1n) is 8.63. The Hall–Kier alpha value is -2.22. The topological polar surface area (TPSA) is 73.9 Å². The zero-order valence-electron chi connectivity index (χ0n) is 15.5. The standard InChI is InChI=1S/C20H22ClNO5S/c1-25-11-10-22-19(23)14-28-18-5-3-2-4-17(18)20(24)27-13-12-26-16-8-6-15(21)7-9-16/h2-9H,10-14H2,1H3,(H,22,23). The number of ether oxygens (including phenoxy) is 3. The van der Waals surface area contributed by atoms with Gasteiger partial charge >= 0.3 is 5.97 Å². The van der Waals surface area contributed by atoms with Crippen molar-refractivity contribution < 1.29 is 23.8 Å². The van der Waals surface area contributed by atoms with Crippen molar-refractivity contribution in [3.63, 3.8) is 0 Å². The highest BCUT2D eigenvalue weighted by Gasteiger charge is 2.14. The second-order valence-electron chi connectivity index (χ2n) is 5.57. The van der Waals surface area contributed by atoms with Gasteiger partial charge in [-0.3, -0.25) is 4.79 Å². The molecule has 1 amide bonds. The minimum Gasteiger partial charge on any atom is -0.490 e. The molecule has 0 aliphatic rings. The van der Waals surface area contributed by atoms with Crippen LogP contribution in [0.2, 0.25) is 5.02 Å². The number of hydrogen-bond donors (Lipinski definition) is 1. The fourth-order valence-electron chi connectivity index (χ4n) is 2.15. The van der Waals surface area contributed by atoms with Gasteiger partial charge < -0.3 is 19.5 Å². The maximum Gasteiger partial charge on any atom is 0.339 e. The number of benzene rings is 2. The van der Waals surface area contributed by atoms with Gasteiger partial charge in [-0.1, -0.05) is 23.7 Å². The highest BCUT2D eigenvalue weighted by atomic mass is 35.5. The second-order valence-corrected chi connectivity index (χ2v) is 7.02. The summed E-state index contributed by atoms with van der Waals surface area (Å²) in [6, 6.07) is 14.0. The normalized spacial score (nSPS) is 10.4. The Bertz CT molecular complexity index is 769. The van der Waals surface area contributed by atoms with E-state index in [1.165, 1.54) is 11.8 Å². The molecule has 0 radical (unpaired) electrons. The van der Waals surface area contributed by atoms with Crippen LogP contribution in [0.25, 0.3) is 0 Å². The predicted octanol–water partition coefficient (Wildman–Crippen LogP) is 3.43. The van der Waals surface area contributed by atoms with Crippen molar-refractivity contribution in [2.45, 2.75) is 4.90 Å². The average molecular weight is 424 g/mol. The number of methoxy groups -OCH3 is 1. The SMILES string of the molecule is COCCNC(=O)CSc1ccccc1C(=O)OCCOc1ccc(Cl)cc1. The maximum absolute atomic E-state index is 12.4. The fourth-order valence-corrected chi connectivity index (χ4v) is 3.15. The molecule has 0 aromatic heterocycles. The second kappa shape index (κ2) is 12.3. The van der Waals surface area contributed by atoms with Crippen molar-refractivity contribution in [1.29, 1.82) is 0 Å². The predicted molar refractivity (Wildman–Crippen MR) is 109 cm³/mol. The largest absolute Gasteiger partial charge is 0.490 e. The lowest BCUT2D eigenvalue weighted by molar-refractivity contribution is -0.118. The molecule has 2 aromatic rings. The fraction of sp³-hybridized carbons (Fsp3) is 0.300. The van der Waals surface area contributed by atoms with E-state index in [-0.39, 0.29) is 24.9 Å². The lowest BCUT2D eigenvalue weighted by Crippen LogP contribution is -2.28. The molecule has 0 saturated heterocycles. The molecule has 0 bridgehead atoms. The quantitative estimate of drug-likeness (QED) is 0.339. The van der Waals surface area contributed by atoms with Gasteiger partial charge in [0.2, 0.25) is 5.91 Å². The minimum atomic E-state index is -0.456. The lowest BCUT2D eigenvalue weighted by atomic mass is 10.2. The van der Waals surface area contributed by atoms with Crippen LogP contribution in [-0.4, -0.2) is 51.1 Å². The summed E-state index contributed by atoms with van der Waals surface area (Å²) in [4.78, 5) is 24.8. The summed E-state index contributed by atoms with van der Waals surface area (Å²) in [6.45, 7) is 1.24. The Morgan fingerprint density at radius 3 is 2.54 bits per heavy atom. The maximum atomic E-state index is 12.4. The van der Waals surface area contributed by atoms with Crippen LogP contribution >= 0.6 is 23.4 Å². The third-order valence-corrected chi connectivity index (χ3v) is 4.82. The zero-order chi connectivity index (χ0) is 20.2. The number of amides is 1. The van der Waals surface area contributed by atoms with Gasteiger partial charge in [-0.05, 0) is 36.4 Å². The Morgan fingerprint density at radius 1 is 1.04 bits per heavy atom. The molecule has 0 fully saturated rings. The molecule has 0 unspecified atom stereocenters. The molecule has 6 nitrogen and oxygen atoms in total. The first-order valence-corrected chi connectivity index (χ1v) is 9.99. The van der Waals surface area contributed by atoms with Crippen LogP contribution in [0.5, 0.6) is 5.75 Å². The lowest BCUT2D eigenvalue weighted by Gasteiger charge is -2.10. The summed E-state index contributed by atoms with van der Waals surface area (Å²) in [5.74, 6) is 0.272. The van der Waals surface area contributed by atoms with Crippen molar-refractivity contribution in [1.82, 2.24) is 5.32 Å². The monoisotopic (exact) mass is 423 g/mol. The Balaban J connectivity index is 1.79. The van der Waals surface area contributed by atoms with Gasteiger partial charge in [-0.2, -0.15) is 0 Å². The van der Waals surface area contributed by atoms with Crippen LogP contribution in [0.4, 0.5) is 0 Å². The van der Waals surface area contributed by atoms with Crippen molar-refractivity contribution in [2.24, 2.45) is 0 Å². The molecule has 28 heavy (non-hydrogen) atoms. The van der Waals surface area contributed by atoms with E-state index in [2.05, 4.69) is 5.32 Å². The van der Waals surface area contributed by atoms with E-state index in [9.17, 15) is 9.59 Å². The van der Waals surface area contributed by atoms with Crippen molar-refractivity contribution >= 4 is 35.2 Å². The molecular weight excluding hydrogens is 402 g/mol. The van der Waals surface area contributed by atoms with E-state index < -0.39 is 5.97 Å². The summed E-state index contributed by atoms with van der Waals surface area (Å²) < 4.78 is 15.7. The number of hydrogen-bond acceptors (Lipinski definition) is 6. The molecule has 0 spiro atoms. The van der Waals surface area contributed by atoms with E-state index in [1.807, 2.05) is 6.07 Å². The van der Waals surface area contributed by atoms with E-state index in [4.69, 9.17) is 25.8 Å². The highest BCUT2D eigenvalue weighted by Crippen LogP contribution is 2.23. The third-order valence-electron chi connectivity index (χ3n) is 3.49. The molecule has 0 heterocycles. The molecule has 2 aromatic carbocycles. The first-order chi connectivity index (χ1) is 13.6. The van der Waals surface area contributed by atoms with Crippen LogP contribution in [0, 0.1) is 0 Å². The molecule has 0 saturated carbocycles. The van der Waals surface area contributed by atoms with E-state index in [0.717, 1.165) is 0 Å². The Labute approximate surface area is 173 Å². The molecule has 2 rings (SSSR count). The molecule has 150 valence electrons. The molecule has 1 N–H and O–H groups in total. The van der Waals surface area contributed by atoms with Gasteiger partial charge in [0.15, 0.2) is 0 Å². The van der Waals surface area contributed by atoms with Crippen LogP contribution in [0.1, 0.15) is 10.4 Å². The van der Waals surface area contributed by atoms with Crippen LogP contribution in [0.3, 0.4) is 0 Å². The molecule has 0 aliphatic heterocycles. The van der Waals surface area contributed by atoms with E-state index >= 15 is 0 Å². The van der Waals surface area contributed by atoms with Gasteiger partial charge in [0.25, 0.3) is 0 Å². The summed E-state index contributed by atoms with van der Waals surface area (Å²) in [7, 11) is 1.57. The van der Waals surface area contributed by atoms with Crippen molar-refractivity contribution in [2.75, 3.05) is 39.2 Å². The summed E-state index contributed by atoms with van der Waals surface area (Å²) in [5, 5.41) is 3.36. The van der Waals surface area contributed by atoms with Gasteiger partial charge in [0.05, 0.1) is 17.9 Å². The van der Waals surface area contributed by atoms with E-state index in [1.54, 1.807) is 49.6 Å².